The van der Waals surface area contributed by atoms with Gasteiger partial charge in [-0.1, -0.05) is 12.8 Å². The highest BCUT2D eigenvalue weighted by atomic mass is 16.5. The van der Waals surface area contributed by atoms with E-state index < -0.39 is 0 Å². The highest BCUT2D eigenvalue weighted by molar-refractivity contribution is 4.74. The van der Waals surface area contributed by atoms with Gasteiger partial charge in [0, 0.05) is 19.2 Å². The molecule has 2 unspecified atom stereocenters. The van der Waals surface area contributed by atoms with Crippen molar-refractivity contribution in [3.8, 4) is 0 Å². The van der Waals surface area contributed by atoms with E-state index in [1.165, 1.54) is 38.5 Å². The van der Waals surface area contributed by atoms with E-state index in [4.69, 9.17) is 9.47 Å². The lowest BCUT2D eigenvalue weighted by Gasteiger charge is -2.19. The van der Waals surface area contributed by atoms with E-state index >= 15 is 0 Å². The molecule has 16 heavy (non-hydrogen) atoms. The van der Waals surface area contributed by atoms with E-state index in [0.717, 1.165) is 25.8 Å². The SMILES string of the molecule is CC(CNC1CCCC1)OCC1CCCO1. The van der Waals surface area contributed by atoms with Crippen LogP contribution in [0.15, 0.2) is 0 Å². The van der Waals surface area contributed by atoms with E-state index in [2.05, 4.69) is 12.2 Å². The first-order valence-electron chi connectivity index (χ1n) is 6.81. The zero-order valence-electron chi connectivity index (χ0n) is 10.4. The van der Waals surface area contributed by atoms with Gasteiger partial charge in [-0.25, -0.2) is 0 Å². The predicted molar refractivity (Wildman–Crippen MR) is 64.6 cm³/mol. The third-order valence-electron chi connectivity index (χ3n) is 3.64. The van der Waals surface area contributed by atoms with Gasteiger partial charge >= 0.3 is 0 Å². The molecule has 1 heterocycles. The van der Waals surface area contributed by atoms with Crippen LogP contribution >= 0.6 is 0 Å². The first-order valence-corrected chi connectivity index (χ1v) is 6.81. The zero-order chi connectivity index (χ0) is 11.2. The summed E-state index contributed by atoms with van der Waals surface area (Å²) in [6, 6.07) is 0.744. The molecule has 2 rings (SSSR count). The average Bonchev–Trinajstić information content (AvgIpc) is 2.96. The molecule has 1 saturated carbocycles. The summed E-state index contributed by atoms with van der Waals surface area (Å²) in [5, 5.41) is 3.59. The summed E-state index contributed by atoms with van der Waals surface area (Å²) in [6.07, 6.45) is 8.51. The van der Waals surface area contributed by atoms with Crippen LogP contribution < -0.4 is 5.32 Å². The number of hydrogen-bond acceptors (Lipinski definition) is 3. The van der Waals surface area contributed by atoms with Crippen molar-refractivity contribution in [2.45, 2.75) is 63.7 Å². The Balaban J connectivity index is 1.51. The Morgan fingerprint density at radius 1 is 1.25 bits per heavy atom. The lowest BCUT2D eigenvalue weighted by atomic mass is 10.2. The molecule has 0 aromatic heterocycles. The fourth-order valence-electron chi connectivity index (χ4n) is 2.57. The Kier molecular flexibility index (Phi) is 5.07. The Hall–Kier alpha value is -0.120. The monoisotopic (exact) mass is 227 g/mol. The number of nitrogens with one attached hydrogen (secondary N) is 1. The van der Waals surface area contributed by atoms with Gasteiger partial charge in [-0.05, 0) is 32.6 Å². The Bertz CT molecular complexity index is 166. The maximum absolute atomic E-state index is 5.80. The molecule has 0 aromatic carbocycles. The lowest BCUT2D eigenvalue weighted by molar-refractivity contribution is -0.0139. The molecule has 0 bridgehead atoms. The van der Waals surface area contributed by atoms with Crippen LogP contribution in [0.1, 0.15) is 45.4 Å². The van der Waals surface area contributed by atoms with Gasteiger partial charge in [-0.2, -0.15) is 0 Å². The smallest absolute Gasteiger partial charge is 0.0809 e. The molecule has 1 saturated heterocycles. The van der Waals surface area contributed by atoms with E-state index in [1.54, 1.807) is 0 Å². The predicted octanol–water partition coefficient (Wildman–Crippen LogP) is 2.10. The molecule has 1 aliphatic carbocycles. The summed E-state index contributed by atoms with van der Waals surface area (Å²) in [5.41, 5.74) is 0. The Labute approximate surface area is 98.9 Å². The molecule has 0 radical (unpaired) electrons. The van der Waals surface area contributed by atoms with E-state index in [9.17, 15) is 0 Å². The molecule has 1 aliphatic heterocycles. The van der Waals surface area contributed by atoms with Crippen molar-refractivity contribution in [2.75, 3.05) is 19.8 Å². The van der Waals surface area contributed by atoms with Crippen LogP contribution in [0.5, 0.6) is 0 Å². The molecule has 2 atom stereocenters. The van der Waals surface area contributed by atoms with Gasteiger partial charge in [0.15, 0.2) is 0 Å². The molecule has 0 amide bonds. The van der Waals surface area contributed by atoms with Gasteiger partial charge in [0.05, 0.1) is 18.8 Å². The fourth-order valence-corrected chi connectivity index (χ4v) is 2.57. The van der Waals surface area contributed by atoms with Crippen LogP contribution in [0.3, 0.4) is 0 Å². The van der Waals surface area contributed by atoms with Gasteiger partial charge in [-0.3, -0.25) is 0 Å². The van der Waals surface area contributed by atoms with Gasteiger partial charge < -0.3 is 14.8 Å². The standard InChI is InChI=1S/C13H25NO2/c1-11(9-14-12-5-2-3-6-12)16-10-13-7-4-8-15-13/h11-14H,2-10H2,1H3. The van der Waals surface area contributed by atoms with Crippen molar-refractivity contribution in [1.82, 2.24) is 5.32 Å². The number of hydrogen-bond donors (Lipinski definition) is 1. The van der Waals surface area contributed by atoms with Crippen LogP contribution in [0.25, 0.3) is 0 Å². The van der Waals surface area contributed by atoms with Crippen LogP contribution in [0.4, 0.5) is 0 Å². The second-order valence-corrected chi connectivity index (χ2v) is 5.17. The van der Waals surface area contributed by atoms with Crippen molar-refractivity contribution >= 4 is 0 Å². The number of ether oxygens (including phenoxy) is 2. The molecule has 0 spiro atoms. The average molecular weight is 227 g/mol. The number of rotatable bonds is 6. The van der Waals surface area contributed by atoms with Gasteiger partial charge in [0.2, 0.25) is 0 Å². The molecule has 94 valence electrons. The van der Waals surface area contributed by atoms with E-state index in [1.807, 2.05) is 0 Å². The Morgan fingerprint density at radius 3 is 2.75 bits per heavy atom. The van der Waals surface area contributed by atoms with Gasteiger partial charge in [0.1, 0.15) is 0 Å². The third-order valence-corrected chi connectivity index (χ3v) is 3.64. The van der Waals surface area contributed by atoms with Crippen molar-refractivity contribution < 1.29 is 9.47 Å². The van der Waals surface area contributed by atoms with Crippen molar-refractivity contribution in [2.24, 2.45) is 0 Å². The Morgan fingerprint density at radius 2 is 2.06 bits per heavy atom. The first-order chi connectivity index (χ1) is 7.84. The second-order valence-electron chi connectivity index (χ2n) is 5.17. The summed E-state index contributed by atoms with van der Waals surface area (Å²) in [4.78, 5) is 0. The highest BCUT2D eigenvalue weighted by Gasteiger charge is 2.18. The van der Waals surface area contributed by atoms with Crippen LogP contribution in [-0.2, 0) is 9.47 Å². The fraction of sp³-hybridized carbons (Fsp3) is 1.00. The first kappa shape index (κ1) is 12.3. The summed E-state index contributed by atoms with van der Waals surface area (Å²) >= 11 is 0. The summed E-state index contributed by atoms with van der Waals surface area (Å²) in [7, 11) is 0. The van der Waals surface area contributed by atoms with Crippen molar-refractivity contribution in [1.29, 1.82) is 0 Å². The second kappa shape index (κ2) is 6.58. The van der Waals surface area contributed by atoms with E-state index in [0.29, 0.717) is 12.2 Å². The molecule has 3 heteroatoms. The molecule has 0 aromatic rings. The maximum atomic E-state index is 5.80. The van der Waals surface area contributed by atoms with Crippen molar-refractivity contribution in [3.63, 3.8) is 0 Å². The highest BCUT2D eigenvalue weighted by Crippen LogP contribution is 2.17. The minimum atomic E-state index is 0.310. The largest absolute Gasteiger partial charge is 0.376 e. The summed E-state index contributed by atoms with van der Waals surface area (Å²) in [5.74, 6) is 0. The molecule has 3 nitrogen and oxygen atoms in total. The molecule has 1 N–H and O–H groups in total. The normalized spacial score (nSPS) is 28.7. The van der Waals surface area contributed by atoms with Crippen LogP contribution in [0, 0.1) is 0 Å². The van der Waals surface area contributed by atoms with Crippen molar-refractivity contribution in [3.05, 3.63) is 0 Å². The molecular weight excluding hydrogens is 202 g/mol. The third kappa shape index (κ3) is 4.04. The lowest BCUT2D eigenvalue weighted by Crippen LogP contribution is -2.34. The van der Waals surface area contributed by atoms with E-state index in [-0.39, 0.29) is 0 Å². The minimum Gasteiger partial charge on any atom is -0.376 e. The quantitative estimate of drug-likeness (QED) is 0.754. The van der Waals surface area contributed by atoms with Crippen LogP contribution in [-0.4, -0.2) is 38.0 Å². The minimum absolute atomic E-state index is 0.310. The molecular formula is C13H25NO2. The zero-order valence-corrected chi connectivity index (χ0v) is 10.4. The molecule has 2 fully saturated rings. The van der Waals surface area contributed by atoms with Gasteiger partial charge in [0.25, 0.3) is 0 Å². The topological polar surface area (TPSA) is 30.5 Å². The maximum Gasteiger partial charge on any atom is 0.0809 e. The summed E-state index contributed by atoms with van der Waals surface area (Å²) < 4.78 is 11.3. The summed E-state index contributed by atoms with van der Waals surface area (Å²) in [6.45, 7) is 4.82. The van der Waals surface area contributed by atoms with Crippen LogP contribution in [0.2, 0.25) is 0 Å². The van der Waals surface area contributed by atoms with Gasteiger partial charge in [-0.15, -0.1) is 0 Å². The molecule has 2 aliphatic rings.